The lowest BCUT2D eigenvalue weighted by Gasteiger charge is -1.98. The van der Waals surface area contributed by atoms with Crippen LogP contribution in [0.15, 0.2) is 53.5 Å². The molecule has 0 spiro atoms. The molecule has 0 saturated carbocycles. The van der Waals surface area contributed by atoms with E-state index in [9.17, 15) is 0 Å². The van der Waals surface area contributed by atoms with E-state index in [1.807, 2.05) is 13.0 Å². The minimum atomic E-state index is 0. The van der Waals surface area contributed by atoms with Crippen LogP contribution in [0, 0.1) is 6.92 Å². The molecule has 118 valence electrons. The fourth-order valence-corrected chi connectivity index (χ4v) is 2.78. The number of aryl methyl sites for hydroxylation is 1. The van der Waals surface area contributed by atoms with E-state index in [0.29, 0.717) is 11.8 Å². The smallest absolute Gasteiger partial charge is 0.249 e. The highest BCUT2D eigenvalue weighted by molar-refractivity contribution is 6.06. The van der Waals surface area contributed by atoms with Crippen LogP contribution in [0.3, 0.4) is 0 Å². The van der Waals surface area contributed by atoms with E-state index in [2.05, 4.69) is 71.0 Å². The number of halogens is 1. The molecule has 5 heteroatoms. The van der Waals surface area contributed by atoms with Crippen molar-refractivity contribution in [1.82, 2.24) is 9.55 Å². The van der Waals surface area contributed by atoms with Crippen LogP contribution in [-0.2, 0) is 0 Å². The van der Waals surface area contributed by atoms with Gasteiger partial charge in [-0.25, -0.2) is 9.55 Å². The Bertz CT molecular complexity index is 984. The van der Waals surface area contributed by atoms with Gasteiger partial charge in [-0.3, -0.25) is 0 Å². The van der Waals surface area contributed by atoms with Crippen LogP contribution in [0.2, 0.25) is 0 Å². The summed E-state index contributed by atoms with van der Waals surface area (Å²) in [5, 5.41) is 2.16. The number of benzene rings is 1. The number of fused-ring (bicyclic) bond motifs is 3. The normalized spacial score (nSPS) is 11.3. The number of pyridine rings is 1. The highest BCUT2D eigenvalue weighted by Gasteiger charge is 2.17. The standard InChI is InChI=1S/C18H18N3O.HI/c1-12(2)20-9-10-21(11-20)16-6-4-5-14-15-8-7-13(3)19-18(15)22-17(14)16;/h4-12H,1-3H3;1H/q+1;/p-1. The summed E-state index contributed by atoms with van der Waals surface area (Å²) in [4.78, 5) is 4.50. The van der Waals surface area contributed by atoms with Gasteiger partial charge in [-0.1, -0.05) is 12.1 Å². The Kier molecular flexibility index (Phi) is 4.14. The minimum absolute atomic E-state index is 0. The minimum Gasteiger partial charge on any atom is -1.00 e. The SMILES string of the molecule is Cc1ccc2c(n1)oc1c(-n3cc[n+](C(C)C)c3)cccc12.[I-]. The summed E-state index contributed by atoms with van der Waals surface area (Å²) in [6.07, 6.45) is 6.22. The maximum atomic E-state index is 6.05. The first-order valence-electron chi connectivity index (χ1n) is 7.51. The van der Waals surface area contributed by atoms with Gasteiger partial charge in [0.15, 0.2) is 11.3 Å². The summed E-state index contributed by atoms with van der Waals surface area (Å²) in [5.74, 6) is 0. The molecule has 0 bridgehead atoms. The van der Waals surface area contributed by atoms with E-state index in [-0.39, 0.29) is 24.0 Å². The molecule has 0 aliphatic carbocycles. The molecule has 4 nitrogen and oxygen atoms in total. The number of furan rings is 1. The van der Waals surface area contributed by atoms with E-state index in [4.69, 9.17) is 4.42 Å². The molecule has 0 atom stereocenters. The Hall–Kier alpha value is -1.89. The van der Waals surface area contributed by atoms with Gasteiger partial charge in [-0.2, -0.15) is 4.57 Å². The summed E-state index contributed by atoms with van der Waals surface area (Å²) >= 11 is 0. The molecule has 23 heavy (non-hydrogen) atoms. The first kappa shape index (κ1) is 16.0. The molecule has 0 N–H and O–H groups in total. The fraction of sp³-hybridized carbons (Fsp3) is 0.222. The largest absolute Gasteiger partial charge is 1.00 e. The summed E-state index contributed by atoms with van der Waals surface area (Å²) in [5.41, 5.74) is 3.58. The predicted molar refractivity (Wildman–Crippen MR) is 86.2 cm³/mol. The Morgan fingerprint density at radius 3 is 2.70 bits per heavy atom. The van der Waals surface area contributed by atoms with Crippen LogP contribution in [0.5, 0.6) is 0 Å². The van der Waals surface area contributed by atoms with Gasteiger partial charge in [0.1, 0.15) is 12.4 Å². The molecule has 0 radical (unpaired) electrons. The number of rotatable bonds is 2. The van der Waals surface area contributed by atoms with E-state index in [1.54, 1.807) is 0 Å². The third-order valence-electron chi connectivity index (χ3n) is 4.01. The van der Waals surface area contributed by atoms with Crippen molar-refractivity contribution in [2.75, 3.05) is 0 Å². The first-order valence-corrected chi connectivity index (χ1v) is 7.51. The van der Waals surface area contributed by atoms with Crippen molar-refractivity contribution in [3.8, 4) is 5.69 Å². The van der Waals surface area contributed by atoms with Crippen LogP contribution in [0.1, 0.15) is 25.6 Å². The zero-order valence-corrected chi connectivity index (χ0v) is 15.5. The zero-order valence-electron chi connectivity index (χ0n) is 13.3. The molecule has 3 heterocycles. The summed E-state index contributed by atoms with van der Waals surface area (Å²) < 4.78 is 10.3. The van der Waals surface area contributed by atoms with Gasteiger partial charge in [0.05, 0.1) is 6.04 Å². The van der Waals surface area contributed by atoms with Crippen molar-refractivity contribution in [1.29, 1.82) is 0 Å². The molecule has 4 aromatic rings. The summed E-state index contributed by atoms with van der Waals surface area (Å²) in [6.45, 7) is 6.31. The molecule has 0 aliphatic heterocycles. The number of imidazole rings is 1. The van der Waals surface area contributed by atoms with Crippen LogP contribution in [0.25, 0.3) is 27.8 Å². The second kappa shape index (κ2) is 5.96. The Labute approximate surface area is 151 Å². The summed E-state index contributed by atoms with van der Waals surface area (Å²) in [7, 11) is 0. The van der Waals surface area contributed by atoms with Gasteiger partial charge in [-0.05, 0) is 39.0 Å². The quantitative estimate of drug-likeness (QED) is 0.359. The Morgan fingerprint density at radius 2 is 1.96 bits per heavy atom. The molecule has 0 amide bonds. The van der Waals surface area contributed by atoms with Gasteiger partial charge in [0.25, 0.3) is 0 Å². The van der Waals surface area contributed by atoms with Crippen LogP contribution in [-0.4, -0.2) is 9.55 Å². The maximum Gasteiger partial charge on any atom is 0.249 e. The third-order valence-corrected chi connectivity index (χ3v) is 4.01. The van der Waals surface area contributed by atoms with Crippen molar-refractivity contribution in [2.24, 2.45) is 0 Å². The lowest BCUT2D eigenvalue weighted by atomic mass is 10.1. The lowest BCUT2D eigenvalue weighted by Crippen LogP contribution is -3.00. The van der Waals surface area contributed by atoms with Gasteiger partial charge in [0, 0.05) is 16.5 Å². The molecule has 1 aromatic carbocycles. The number of nitrogens with zero attached hydrogens (tertiary/aromatic N) is 3. The molecule has 4 rings (SSSR count). The highest BCUT2D eigenvalue weighted by atomic mass is 127. The van der Waals surface area contributed by atoms with Crippen LogP contribution in [0.4, 0.5) is 0 Å². The van der Waals surface area contributed by atoms with Crippen LogP contribution >= 0.6 is 0 Å². The molecule has 0 saturated heterocycles. The fourth-order valence-electron chi connectivity index (χ4n) is 2.78. The van der Waals surface area contributed by atoms with Crippen molar-refractivity contribution in [3.63, 3.8) is 0 Å². The zero-order chi connectivity index (χ0) is 15.3. The first-order chi connectivity index (χ1) is 10.6. The van der Waals surface area contributed by atoms with Crippen LogP contribution < -0.4 is 28.5 Å². The maximum absolute atomic E-state index is 6.05. The van der Waals surface area contributed by atoms with Gasteiger partial charge < -0.3 is 28.4 Å². The third kappa shape index (κ3) is 2.63. The monoisotopic (exact) mass is 419 g/mol. The molecule has 0 aliphatic rings. The second-order valence-electron chi connectivity index (χ2n) is 5.92. The Morgan fingerprint density at radius 1 is 1.13 bits per heavy atom. The summed E-state index contributed by atoms with van der Waals surface area (Å²) in [6, 6.07) is 10.8. The number of aromatic nitrogens is 3. The van der Waals surface area contributed by atoms with Crippen molar-refractivity contribution in [3.05, 3.63) is 54.7 Å². The number of hydrogen-bond donors (Lipinski definition) is 0. The lowest BCUT2D eigenvalue weighted by molar-refractivity contribution is -0.715. The topological polar surface area (TPSA) is 34.8 Å². The van der Waals surface area contributed by atoms with Crippen molar-refractivity contribution in [2.45, 2.75) is 26.8 Å². The molecule has 0 unspecified atom stereocenters. The van der Waals surface area contributed by atoms with Gasteiger partial charge in [-0.15, -0.1) is 0 Å². The van der Waals surface area contributed by atoms with E-state index >= 15 is 0 Å². The average molecular weight is 419 g/mol. The highest BCUT2D eigenvalue weighted by Crippen LogP contribution is 2.31. The average Bonchev–Trinajstić information content (AvgIpc) is 3.10. The predicted octanol–water partition coefficient (Wildman–Crippen LogP) is 0.953. The molecule has 3 aromatic heterocycles. The van der Waals surface area contributed by atoms with E-state index in [1.165, 1.54) is 0 Å². The second-order valence-corrected chi connectivity index (χ2v) is 5.92. The number of para-hydroxylation sites is 1. The van der Waals surface area contributed by atoms with Gasteiger partial charge >= 0.3 is 0 Å². The molecular weight excluding hydrogens is 401 g/mol. The van der Waals surface area contributed by atoms with Gasteiger partial charge in [0.2, 0.25) is 12.0 Å². The molecular formula is C18H18IN3O. The van der Waals surface area contributed by atoms with Crippen molar-refractivity contribution >= 4 is 22.1 Å². The molecule has 0 fully saturated rings. The van der Waals surface area contributed by atoms with Crippen molar-refractivity contribution < 1.29 is 33.0 Å². The number of hydrogen-bond acceptors (Lipinski definition) is 2. The van der Waals surface area contributed by atoms with E-state index < -0.39 is 0 Å². The van der Waals surface area contributed by atoms with E-state index in [0.717, 1.165) is 27.7 Å². The Balaban J connectivity index is 0.00000156.